The Kier molecular flexibility index (Phi) is 6.01. The lowest BCUT2D eigenvalue weighted by atomic mass is 9.99. The van der Waals surface area contributed by atoms with Crippen LogP contribution in [0.2, 0.25) is 0 Å². The number of urea groups is 1. The Bertz CT molecular complexity index is 465. The predicted molar refractivity (Wildman–Crippen MR) is 80.0 cm³/mol. The molecule has 0 aliphatic carbocycles. The molecule has 0 fully saturated rings. The summed E-state index contributed by atoms with van der Waals surface area (Å²) in [5.41, 5.74) is 1.20. The van der Waals surface area contributed by atoms with E-state index in [4.69, 9.17) is 5.11 Å². The number of aliphatic carboxylic acids is 1. The molecule has 3 N–H and O–H groups in total. The van der Waals surface area contributed by atoms with E-state index in [1.165, 1.54) is 10.4 Å². The van der Waals surface area contributed by atoms with Crippen molar-refractivity contribution in [3.05, 3.63) is 21.4 Å². The van der Waals surface area contributed by atoms with Gasteiger partial charge in [0, 0.05) is 9.75 Å². The molecule has 1 aromatic heterocycles. The summed E-state index contributed by atoms with van der Waals surface area (Å²) in [5, 5.41) is 14.3. The van der Waals surface area contributed by atoms with Crippen molar-refractivity contribution in [1.82, 2.24) is 10.6 Å². The summed E-state index contributed by atoms with van der Waals surface area (Å²) in [5.74, 6) is -1.11. The van der Waals surface area contributed by atoms with E-state index in [1.54, 1.807) is 11.3 Å². The van der Waals surface area contributed by atoms with Gasteiger partial charge in [-0.3, -0.25) is 0 Å². The molecule has 0 radical (unpaired) electrons. The Labute approximate surface area is 123 Å². The van der Waals surface area contributed by atoms with Gasteiger partial charge in [0.05, 0.1) is 6.54 Å². The van der Waals surface area contributed by atoms with Gasteiger partial charge in [-0.1, -0.05) is 20.3 Å². The Balaban J connectivity index is 2.52. The van der Waals surface area contributed by atoms with Gasteiger partial charge in [0.2, 0.25) is 0 Å². The van der Waals surface area contributed by atoms with Crippen LogP contribution in [0.15, 0.2) is 6.07 Å². The summed E-state index contributed by atoms with van der Waals surface area (Å²) >= 11 is 1.63. The maximum absolute atomic E-state index is 11.8. The monoisotopic (exact) mass is 298 g/mol. The molecule has 5 nitrogen and oxygen atoms in total. The molecular weight excluding hydrogens is 276 g/mol. The average molecular weight is 298 g/mol. The van der Waals surface area contributed by atoms with Gasteiger partial charge in [-0.15, -0.1) is 11.3 Å². The van der Waals surface area contributed by atoms with Crippen LogP contribution in [-0.2, 0) is 11.3 Å². The highest BCUT2D eigenvalue weighted by Crippen LogP contribution is 2.20. The fraction of sp³-hybridized carbons (Fsp3) is 0.571. The number of carboxylic acids is 1. The first-order valence-corrected chi connectivity index (χ1v) is 7.49. The second-order valence-electron chi connectivity index (χ2n) is 4.98. The van der Waals surface area contributed by atoms with E-state index < -0.39 is 18.0 Å². The SMILES string of the molecule is CC[C@H](C)[C@H](NC(=O)NCc1cc(C)c(C)s1)C(=O)O. The Morgan fingerprint density at radius 2 is 2.05 bits per heavy atom. The molecule has 6 heteroatoms. The summed E-state index contributed by atoms with van der Waals surface area (Å²) in [4.78, 5) is 25.2. The highest BCUT2D eigenvalue weighted by Gasteiger charge is 2.25. The van der Waals surface area contributed by atoms with Gasteiger partial charge in [-0.25, -0.2) is 9.59 Å². The van der Waals surface area contributed by atoms with Crippen LogP contribution < -0.4 is 10.6 Å². The summed E-state index contributed by atoms with van der Waals surface area (Å²) in [6, 6.07) is 0.733. The van der Waals surface area contributed by atoms with Crippen LogP contribution in [0.3, 0.4) is 0 Å². The zero-order valence-electron chi connectivity index (χ0n) is 12.3. The molecule has 0 unspecified atom stereocenters. The molecule has 0 saturated carbocycles. The van der Waals surface area contributed by atoms with Crippen molar-refractivity contribution in [1.29, 1.82) is 0 Å². The van der Waals surface area contributed by atoms with Crippen molar-refractivity contribution >= 4 is 23.3 Å². The minimum absolute atomic E-state index is 0.107. The van der Waals surface area contributed by atoms with E-state index >= 15 is 0 Å². The highest BCUT2D eigenvalue weighted by atomic mass is 32.1. The molecular formula is C14H22N2O3S. The topological polar surface area (TPSA) is 78.4 Å². The number of rotatable bonds is 6. The predicted octanol–water partition coefficient (Wildman–Crippen LogP) is 2.66. The summed E-state index contributed by atoms with van der Waals surface area (Å²) in [6.07, 6.45) is 0.695. The lowest BCUT2D eigenvalue weighted by molar-refractivity contribution is -0.140. The van der Waals surface area contributed by atoms with Crippen LogP contribution in [0.5, 0.6) is 0 Å². The van der Waals surface area contributed by atoms with Crippen LogP contribution in [-0.4, -0.2) is 23.1 Å². The standard InChI is InChI=1S/C14H22N2O3S/c1-5-8(2)12(13(17)18)16-14(19)15-7-11-6-9(3)10(4)20-11/h6,8,12H,5,7H2,1-4H3,(H,17,18)(H2,15,16,19)/t8-,12-/m0/s1. The molecule has 0 bridgehead atoms. The van der Waals surface area contributed by atoms with Crippen molar-refractivity contribution in [2.45, 2.75) is 46.7 Å². The molecule has 0 aliphatic rings. The van der Waals surface area contributed by atoms with E-state index in [-0.39, 0.29) is 5.92 Å². The number of carbonyl (C=O) groups excluding carboxylic acids is 1. The zero-order valence-corrected chi connectivity index (χ0v) is 13.1. The van der Waals surface area contributed by atoms with Gasteiger partial charge in [0.25, 0.3) is 0 Å². The molecule has 1 heterocycles. The van der Waals surface area contributed by atoms with Gasteiger partial charge in [-0.05, 0) is 31.4 Å². The van der Waals surface area contributed by atoms with Crippen molar-refractivity contribution < 1.29 is 14.7 Å². The minimum atomic E-state index is -1.00. The number of aryl methyl sites for hydroxylation is 2. The van der Waals surface area contributed by atoms with E-state index in [0.717, 1.165) is 4.88 Å². The van der Waals surface area contributed by atoms with Gasteiger partial charge >= 0.3 is 12.0 Å². The first kappa shape index (κ1) is 16.5. The van der Waals surface area contributed by atoms with E-state index in [0.29, 0.717) is 13.0 Å². The van der Waals surface area contributed by atoms with Crippen molar-refractivity contribution in [3.63, 3.8) is 0 Å². The minimum Gasteiger partial charge on any atom is -0.480 e. The lowest BCUT2D eigenvalue weighted by Crippen LogP contribution is -2.48. The second-order valence-corrected chi connectivity index (χ2v) is 6.32. The number of thiophene rings is 1. The molecule has 0 aliphatic heterocycles. The first-order chi connectivity index (χ1) is 9.35. The maximum atomic E-state index is 11.8. The second kappa shape index (κ2) is 7.28. The van der Waals surface area contributed by atoms with Crippen LogP contribution >= 0.6 is 11.3 Å². The molecule has 0 aromatic carbocycles. The third kappa shape index (κ3) is 4.52. The van der Waals surface area contributed by atoms with Crippen molar-refractivity contribution in [3.8, 4) is 0 Å². The maximum Gasteiger partial charge on any atom is 0.326 e. The fourth-order valence-electron chi connectivity index (χ4n) is 1.78. The lowest BCUT2D eigenvalue weighted by Gasteiger charge is -2.20. The zero-order chi connectivity index (χ0) is 15.3. The number of nitrogens with one attached hydrogen (secondary N) is 2. The molecule has 2 amide bonds. The highest BCUT2D eigenvalue weighted by molar-refractivity contribution is 7.12. The van der Waals surface area contributed by atoms with Crippen molar-refractivity contribution in [2.75, 3.05) is 0 Å². The first-order valence-electron chi connectivity index (χ1n) is 6.68. The quantitative estimate of drug-likeness (QED) is 0.755. The number of carboxylic acid groups (broad SMARTS) is 1. The fourth-order valence-corrected chi connectivity index (χ4v) is 2.77. The molecule has 112 valence electrons. The van der Waals surface area contributed by atoms with Crippen molar-refractivity contribution in [2.24, 2.45) is 5.92 Å². The van der Waals surface area contributed by atoms with Crippen LogP contribution in [0.25, 0.3) is 0 Å². The van der Waals surface area contributed by atoms with E-state index in [1.807, 2.05) is 33.8 Å². The molecule has 1 aromatic rings. The van der Waals surface area contributed by atoms with Crippen LogP contribution in [0.4, 0.5) is 4.79 Å². The summed E-state index contributed by atoms with van der Waals surface area (Å²) in [6.45, 7) is 8.19. The number of amides is 2. The van der Waals surface area contributed by atoms with E-state index in [2.05, 4.69) is 10.6 Å². The average Bonchev–Trinajstić information content (AvgIpc) is 2.71. The summed E-state index contributed by atoms with van der Waals surface area (Å²) < 4.78 is 0. The molecule has 1 rings (SSSR count). The Hall–Kier alpha value is -1.56. The smallest absolute Gasteiger partial charge is 0.326 e. The van der Waals surface area contributed by atoms with Gasteiger partial charge < -0.3 is 15.7 Å². The van der Waals surface area contributed by atoms with Crippen LogP contribution in [0.1, 0.15) is 35.6 Å². The number of hydrogen-bond acceptors (Lipinski definition) is 3. The van der Waals surface area contributed by atoms with E-state index in [9.17, 15) is 9.59 Å². The third-order valence-corrected chi connectivity index (χ3v) is 4.56. The Morgan fingerprint density at radius 1 is 1.40 bits per heavy atom. The van der Waals surface area contributed by atoms with Gasteiger partial charge in [0.1, 0.15) is 6.04 Å². The molecule has 0 spiro atoms. The van der Waals surface area contributed by atoms with Gasteiger partial charge in [-0.2, -0.15) is 0 Å². The Morgan fingerprint density at radius 3 is 2.50 bits per heavy atom. The number of hydrogen-bond donors (Lipinski definition) is 3. The molecule has 20 heavy (non-hydrogen) atoms. The normalized spacial score (nSPS) is 13.6. The summed E-state index contributed by atoms with van der Waals surface area (Å²) in [7, 11) is 0. The number of carbonyl (C=O) groups is 2. The molecule has 2 atom stereocenters. The third-order valence-electron chi connectivity index (χ3n) is 3.41. The van der Waals surface area contributed by atoms with Gasteiger partial charge in [0.15, 0.2) is 0 Å². The van der Waals surface area contributed by atoms with Crippen LogP contribution in [0, 0.1) is 19.8 Å². The molecule has 0 saturated heterocycles. The largest absolute Gasteiger partial charge is 0.480 e.